The molecule has 0 saturated heterocycles. The number of anilines is 1. The third-order valence-electron chi connectivity index (χ3n) is 2.83. The van der Waals surface area contributed by atoms with Crippen molar-refractivity contribution in [1.82, 2.24) is 9.97 Å². The second-order valence-electron chi connectivity index (χ2n) is 4.26. The Balaban J connectivity index is 1.87. The Kier molecular flexibility index (Phi) is 3.05. The number of nitrogens with zero attached hydrogens (tertiary/aromatic N) is 1. The zero-order chi connectivity index (χ0) is 13.2. The summed E-state index contributed by atoms with van der Waals surface area (Å²) in [6.45, 7) is 0. The van der Waals surface area contributed by atoms with Crippen LogP contribution < -0.4 is 5.73 Å². The van der Waals surface area contributed by atoms with Crippen molar-refractivity contribution in [1.29, 1.82) is 0 Å². The molecule has 96 valence electrons. The molecule has 4 nitrogen and oxygen atoms in total. The fourth-order valence-corrected chi connectivity index (χ4v) is 2.94. The molecular weight excluding hydrogens is 258 g/mol. The van der Waals surface area contributed by atoms with Crippen LogP contribution in [0.4, 0.5) is 5.69 Å². The number of nitrogens with two attached hydrogens (primary N) is 1. The number of aromatic nitrogens is 2. The van der Waals surface area contributed by atoms with Crippen LogP contribution in [0.3, 0.4) is 0 Å². The van der Waals surface area contributed by atoms with Crippen molar-refractivity contribution in [3.63, 3.8) is 0 Å². The van der Waals surface area contributed by atoms with Gasteiger partial charge in [0.2, 0.25) is 0 Å². The fourth-order valence-electron chi connectivity index (χ4n) is 1.93. The lowest BCUT2D eigenvalue weighted by atomic mass is 10.3. The summed E-state index contributed by atoms with van der Waals surface area (Å²) in [4.78, 5) is 8.38. The predicted octanol–water partition coefficient (Wildman–Crippen LogP) is 2.45. The van der Waals surface area contributed by atoms with Crippen molar-refractivity contribution in [2.45, 2.75) is 10.6 Å². The van der Waals surface area contributed by atoms with Gasteiger partial charge in [-0.1, -0.05) is 18.2 Å². The molecule has 3 rings (SSSR count). The largest absolute Gasteiger partial charge is 0.399 e. The summed E-state index contributed by atoms with van der Waals surface area (Å²) >= 11 is 0. The van der Waals surface area contributed by atoms with Gasteiger partial charge in [-0.05, 0) is 30.3 Å². The van der Waals surface area contributed by atoms with E-state index in [1.165, 1.54) is 0 Å². The van der Waals surface area contributed by atoms with Crippen molar-refractivity contribution in [3.05, 3.63) is 54.4 Å². The van der Waals surface area contributed by atoms with E-state index in [0.717, 1.165) is 15.9 Å². The summed E-state index contributed by atoms with van der Waals surface area (Å²) in [7, 11) is -1.09. The van der Waals surface area contributed by atoms with Gasteiger partial charge in [0.05, 0.1) is 27.6 Å². The first-order valence-electron chi connectivity index (χ1n) is 5.90. The molecule has 0 radical (unpaired) electrons. The highest BCUT2D eigenvalue weighted by molar-refractivity contribution is 7.84. The Morgan fingerprint density at radius 3 is 2.74 bits per heavy atom. The van der Waals surface area contributed by atoms with E-state index >= 15 is 0 Å². The Morgan fingerprint density at radius 1 is 1.16 bits per heavy atom. The first-order chi connectivity index (χ1) is 9.22. The number of nitrogens with one attached hydrogen (secondary N) is 1. The number of H-pyrrole nitrogens is 1. The van der Waals surface area contributed by atoms with Gasteiger partial charge in [-0.3, -0.25) is 4.21 Å². The molecule has 0 saturated carbocycles. The lowest BCUT2D eigenvalue weighted by Gasteiger charge is -1.98. The van der Waals surface area contributed by atoms with Crippen molar-refractivity contribution < 1.29 is 4.21 Å². The lowest BCUT2D eigenvalue weighted by molar-refractivity contribution is 0.681. The number of benzene rings is 2. The first-order valence-corrected chi connectivity index (χ1v) is 7.22. The minimum Gasteiger partial charge on any atom is -0.399 e. The van der Waals surface area contributed by atoms with Crippen LogP contribution >= 0.6 is 0 Å². The predicted molar refractivity (Wildman–Crippen MR) is 77.1 cm³/mol. The standard InChI is InChI=1S/C14H13N3OS/c15-10-6-7-12-13(8-10)17-14(16-12)9-19(18)11-4-2-1-3-5-11/h1-8H,9,15H2,(H,16,17). The first kappa shape index (κ1) is 11.9. The second kappa shape index (κ2) is 4.85. The SMILES string of the molecule is Nc1ccc2nc(CS(=O)c3ccccc3)[nH]c2c1. The maximum absolute atomic E-state index is 12.2. The van der Waals surface area contributed by atoms with Gasteiger partial charge in [-0.15, -0.1) is 0 Å². The zero-order valence-electron chi connectivity index (χ0n) is 10.2. The summed E-state index contributed by atoms with van der Waals surface area (Å²) in [6, 6.07) is 14.9. The van der Waals surface area contributed by atoms with E-state index in [-0.39, 0.29) is 0 Å². The summed E-state index contributed by atoms with van der Waals surface area (Å²) in [5.41, 5.74) is 8.12. The third kappa shape index (κ3) is 2.51. The van der Waals surface area contributed by atoms with Crippen LogP contribution in [-0.4, -0.2) is 14.2 Å². The van der Waals surface area contributed by atoms with E-state index in [1.54, 1.807) is 6.07 Å². The van der Waals surface area contributed by atoms with Crippen LogP contribution in [0.15, 0.2) is 53.4 Å². The van der Waals surface area contributed by atoms with Crippen LogP contribution in [0.2, 0.25) is 0 Å². The molecule has 0 amide bonds. The van der Waals surface area contributed by atoms with Gasteiger partial charge in [0.15, 0.2) is 0 Å². The molecule has 1 atom stereocenters. The molecule has 0 aliphatic carbocycles. The highest BCUT2D eigenvalue weighted by atomic mass is 32.2. The quantitative estimate of drug-likeness (QED) is 0.719. The average Bonchev–Trinajstić information content (AvgIpc) is 2.81. The molecule has 0 fully saturated rings. The topological polar surface area (TPSA) is 71.8 Å². The van der Waals surface area contributed by atoms with E-state index in [4.69, 9.17) is 5.73 Å². The Labute approximate surface area is 113 Å². The maximum Gasteiger partial charge on any atom is 0.120 e. The minimum atomic E-state index is -1.09. The van der Waals surface area contributed by atoms with E-state index in [9.17, 15) is 4.21 Å². The zero-order valence-corrected chi connectivity index (χ0v) is 11.0. The number of fused-ring (bicyclic) bond motifs is 1. The van der Waals surface area contributed by atoms with Crippen molar-refractivity contribution in [2.75, 3.05) is 5.73 Å². The van der Waals surface area contributed by atoms with Crippen LogP contribution in [0.5, 0.6) is 0 Å². The highest BCUT2D eigenvalue weighted by Crippen LogP contribution is 2.17. The summed E-state index contributed by atoms with van der Waals surface area (Å²) in [6.07, 6.45) is 0. The van der Waals surface area contributed by atoms with Gasteiger partial charge >= 0.3 is 0 Å². The molecule has 0 aliphatic rings. The van der Waals surface area contributed by atoms with Crippen LogP contribution in [0.1, 0.15) is 5.82 Å². The van der Waals surface area contributed by atoms with E-state index in [2.05, 4.69) is 9.97 Å². The summed E-state index contributed by atoms with van der Waals surface area (Å²) in [5, 5.41) is 0. The van der Waals surface area contributed by atoms with Gasteiger partial charge in [-0.25, -0.2) is 4.98 Å². The van der Waals surface area contributed by atoms with Crippen LogP contribution in [-0.2, 0) is 16.6 Å². The highest BCUT2D eigenvalue weighted by Gasteiger charge is 2.08. The molecule has 0 spiro atoms. The molecule has 19 heavy (non-hydrogen) atoms. The van der Waals surface area contributed by atoms with Crippen LogP contribution in [0.25, 0.3) is 11.0 Å². The number of hydrogen-bond acceptors (Lipinski definition) is 3. The van der Waals surface area contributed by atoms with Crippen molar-refractivity contribution >= 4 is 27.5 Å². The summed E-state index contributed by atoms with van der Waals surface area (Å²) in [5.74, 6) is 1.08. The van der Waals surface area contributed by atoms with Crippen LogP contribution in [0, 0.1) is 0 Å². The van der Waals surface area contributed by atoms with Gasteiger partial charge in [0.25, 0.3) is 0 Å². The van der Waals surface area contributed by atoms with E-state index in [0.29, 0.717) is 17.3 Å². The molecule has 0 aliphatic heterocycles. The van der Waals surface area contributed by atoms with Crippen molar-refractivity contribution in [3.8, 4) is 0 Å². The molecular formula is C14H13N3OS. The maximum atomic E-state index is 12.2. The molecule has 3 aromatic rings. The van der Waals surface area contributed by atoms with Gasteiger partial charge in [0.1, 0.15) is 5.82 Å². The number of nitrogen functional groups attached to an aromatic ring is 1. The van der Waals surface area contributed by atoms with Gasteiger partial charge in [0, 0.05) is 10.6 Å². The third-order valence-corrected chi connectivity index (χ3v) is 4.16. The minimum absolute atomic E-state index is 0.374. The molecule has 0 bridgehead atoms. The molecule has 1 aromatic heterocycles. The van der Waals surface area contributed by atoms with E-state index < -0.39 is 10.8 Å². The number of rotatable bonds is 3. The molecule has 1 heterocycles. The Hall–Kier alpha value is -2.14. The Bertz CT molecular complexity index is 737. The Morgan fingerprint density at radius 2 is 1.95 bits per heavy atom. The monoisotopic (exact) mass is 271 g/mol. The molecule has 1 unspecified atom stereocenters. The fraction of sp³-hybridized carbons (Fsp3) is 0.0714. The second-order valence-corrected chi connectivity index (χ2v) is 5.71. The normalized spacial score (nSPS) is 12.6. The van der Waals surface area contributed by atoms with E-state index in [1.807, 2.05) is 42.5 Å². The lowest BCUT2D eigenvalue weighted by Crippen LogP contribution is -1.97. The number of hydrogen-bond donors (Lipinski definition) is 2. The summed E-state index contributed by atoms with van der Waals surface area (Å²) < 4.78 is 12.2. The van der Waals surface area contributed by atoms with Gasteiger partial charge in [-0.2, -0.15) is 0 Å². The van der Waals surface area contributed by atoms with Crippen molar-refractivity contribution in [2.24, 2.45) is 0 Å². The van der Waals surface area contributed by atoms with Gasteiger partial charge < -0.3 is 10.7 Å². The number of aromatic amines is 1. The molecule has 5 heteroatoms. The average molecular weight is 271 g/mol. The smallest absolute Gasteiger partial charge is 0.120 e. The molecule has 2 aromatic carbocycles. The number of imidazole rings is 1. The molecule has 3 N–H and O–H groups in total.